The normalized spacial score (nSPS) is 10.3. The summed E-state index contributed by atoms with van der Waals surface area (Å²) in [6, 6.07) is 16.8. The van der Waals surface area contributed by atoms with Gasteiger partial charge in [-0.25, -0.2) is 4.98 Å². The third-order valence-corrected chi connectivity index (χ3v) is 3.19. The lowest BCUT2D eigenvalue weighted by atomic mass is 10.1. The van der Waals surface area contributed by atoms with Crippen LogP contribution in [0, 0.1) is 6.92 Å². The molecule has 0 spiro atoms. The summed E-state index contributed by atoms with van der Waals surface area (Å²) in [5.74, 6) is 0.771. The van der Waals surface area contributed by atoms with Gasteiger partial charge in [-0.2, -0.15) is 0 Å². The van der Waals surface area contributed by atoms with Gasteiger partial charge in [0.1, 0.15) is 5.82 Å². The summed E-state index contributed by atoms with van der Waals surface area (Å²) in [5.41, 5.74) is 3.41. The first-order valence-electron chi connectivity index (χ1n) is 6.71. The highest BCUT2D eigenvalue weighted by molar-refractivity contribution is 6.04. The Morgan fingerprint density at radius 1 is 1.05 bits per heavy atom. The Kier molecular flexibility index (Phi) is 3.51. The van der Waals surface area contributed by atoms with Gasteiger partial charge in [-0.3, -0.25) is 4.79 Å². The van der Waals surface area contributed by atoms with Gasteiger partial charge < -0.3 is 10.3 Å². The first-order chi connectivity index (χ1) is 10.2. The fourth-order valence-electron chi connectivity index (χ4n) is 2.09. The van der Waals surface area contributed by atoms with Crippen LogP contribution in [-0.4, -0.2) is 15.9 Å². The molecule has 4 heteroatoms. The molecule has 0 aliphatic carbocycles. The average molecular weight is 277 g/mol. The average Bonchev–Trinajstić information content (AvgIpc) is 2.95. The number of aryl methyl sites for hydroxylation is 1. The maximum atomic E-state index is 12.0. The first kappa shape index (κ1) is 13.1. The standard InChI is InChI=1S/C17H15N3O/c1-12-18-11-16(19-12)13-7-9-15(10-8-13)20-17(21)14-5-3-2-4-6-14/h2-11H,1H3,(H,18,19)(H,20,21). The summed E-state index contributed by atoms with van der Waals surface area (Å²) in [6.07, 6.45) is 1.80. The van der Waals surface area contributed by atoms with Crippen LogP contribution in [0.25, 0.3) is 11.3 Å². The first-order valence-corrected chi connectivity index (χ1v) is 6.71. The van der Waals surface area contributed by atoms with E-state index in [0.717, 1.165) is 22.8 Å². The number of carbonyl (C=O) groups excluding carboxylic acids is 1. The summed E-state index contributed by atoms with van der Waals surface area (Å²) in [7, 11) is 0. The van der Waals surface area contributed by atoms with Crippen molar-refractivity contribution >= 4 is 11.6 Å². The molecule has 2 aromatic carbocycles. The van der Waals surface area contributed by atoms with Crippen LogP contribution in [-0.2, 0) is 0 Å². The molecule has 0 fully saturated rings. The summed E-state index contributed by atoms with van der Waals surface area (Å²) in [4.78, 5) is 19.4. The van der Waals surface area contributed by atoms with E-state index in [0.29, 0.717) is 5.56 Å². The minimum atomic E-state index is -0.110. The van der Waals surface area contributed by atoms with Crippen LogP contribution in [0.2, 0.25) is 0 Å². The van der Waals surface area contributed by atoms with Crippen molar-refractivity contribution in [1.29, 1.82) is 0 Å². The Hall–Kier alpha value is -2.88. The van der Waals surface area contributed by atoms with E-state index in [4.69, 9.17) is 0 Å². The molecule has 0 atom stereocenters. The summed E-state index contributed by atoms with van der Waals surface area (Å²) >= 11 is 0. The van der Waals surface area contributed by atoms with Gasteiger partial charge in [0.15, 0.2) is 0 Å². The van der Waals surface area contributed by atoms with E-state index >= 15 is 0 Å². The molecule has 1 aromatic heterocycles. The molecule has 0 bridgehead atoms. The van der Waals surface area contributed by atoms with Crippen molar-refractivity contribution in [1.82, 2.24) is 9.97 Å². The second kappa shape index (κ2) is 5.63. The zero-order valence-electron chi connectivity index (χ0n) is 11.6. The SMILES string of the molecule is Cc1ncc(-c2ccc(NC(=O)c3ccccc3)cc2)[nH]1. The number of hydrogen-bond acceptors (Lipinski definition) is 2. The number of aromatic nitrogens is 2. The molecule has 21 heavy (non-hydrogen) atoms. The maximum Gasteiger partial charge on any atom is 0.255 e. The number of rotatable bonds is 3. The van der Waals surface area contributed by atoms with Crippen LogP contribution in [0.1, 0.15) is 16.2 Å². The van der Waals surface area contributed by atoms with Crippen molar-refractivity contribution in [2.75, 3.05) is 5.32 Å². The Bertz CT molecular complexity index is 745. The number of amides is 1. The summed E-state index contributed by atoms with van der Waals surface area (Å²) in [5, 5.41) is 2.88. The Morgan fingerprint density at radius 3 is 2.38 bits per heavy atom. The third-order valence-electron chi connectivity index (χ3n) is 3.19. The quantitative estimate of drug-likeness (QED) is 0.768. The lowest BCUT2D eigenvalue weighted by Gasteiger charge is -2.06. The molecule has 0 unspecified atom stereocenters. The summed E-state index contributed by atoms with van der Waals surface area (Å²) in [6.45, 7) is 1.91. The zero-order chi connectivity index (χ0) is 14.7. The minimum absolute atomic E-state index is 0.110. The number of benzene rings is 2. The molecular formula is C17H15N3O. The fraction of sp³-hybridized carbons (Fsp3) is 0.0588. The summed E-state index contributed by atoms with van der Waals surface area (Å²) < 4.78 is 0. The van der Waals surface area contributed by atoms with E-state index in [1.54, 1.807) is 18.3 Å². The highest BCUT2D eigenvalue weighted by Crippen LogP contribution is 2.20. The number of hydrogen-bond donors (Lipinski definition) is 2. The van der Waals surface area contributed by atoms with Gasteiger partial charge in [0.2, 0.25) is 0 Å². The van der Waals surface area contributed by atoms with Gasteiger partial charge in [-0.15, -0.1) is 0 Å². The van der Waals surface area contributed by atoms with Crippen molar-refractivity contribution in [2.24, 2.45) is 0 Å². The fourth-order valence-corrected chi connectivity index (χ4v) is 2.09. The number of anilines is 1. The van der Waals surface area contributed by atoms with E-state index in [1.807, 2.05) is 49.4 Å². The zero-order valence-corrected chi connectivity index (χ0v) is 11.6. The number of nitrogens with zero attached hydrogens (tertiary/aromatic N) is 1. The minimum Gasteiger partial charge on any atom is -0.342 e. The monoisotopic (exact) mass is 277 g/mol. The maximum absolute atomic E-state index is 12.0. The number of imidazole rings is 1. The molecule has 0 radical (unpaired) electrons. The number of aromatic amines is 1. The van der Waals surface area contributed by atoms with Gasteiger partial charge in [0.05, 0.1) is 11.9 Å². The predicted molar refractivity (Wildman–Crippen MR) is 83.2 cm³/mol. The van der Waals surface area contributed by atoms with Crippen molar-refractivity contribution in [3.63, 3.8) is 0 Å². The van der Waals surface area contributed by atoms with Gasteiger partial charge in [-0.1, -0.05) is 30.3 Å². The number of carbonyl (C=O) groups is 1. The molecule has 3 aromatic rings. The molecule has 0 aliphatic heterocycles. The second-order valence-electron chi connectivity index (χ2n) is 4.78. The number of nitrogens with one attached hydrogen (secondary N) is 2. The van der Waals surface area contributed by atoms with Crippen molar-refractivity contribution in [3.8, 4) is 11.3 Å². The number of H-pyrrole nitrogens is 1. The van der Waals surface area contributed by atoms with E-state index in [1.165, 1.54) is 0 Å². The molecular weight excluding hydrogens is 262 g/mol. The van der Waals surface area contributed by atoms with Crippen molar-refractivity contribution in [3.05, 3.63) is 72.2 Å². The Labute approximate surface area is 122 Å². The molecule has 0 saturated carbocycles. The molecule has 4 nitrogen and oxygen atoms in total. The highest BCUT2D eigenvalue weighted by Gasteiger charge is 2.06. The van der Waals surface area contributed by atoms with Gasteiger partial charge >= 0.3 is 0 Å². The largest absolute Gasteiger partial charge is 0.342 e. The lowest BCUT2D eigenvalue weighted by Crippen LogP contribution is -2.11. The van der Waals surface area contributed by atoms with E-state index in [2.05, 4.69) is 15.3 Å². The second-order valence-corrected chi connectivity index (χ2v) is 4.78. The van der Waals surface area contributed by atoms with E-state index in [-0.39, 0.29) is 5.91 Å². The topological polar surface area (TPSA) is 57.8 Å². The van der Waals surface area contributed by atoms with Crippen LogP contribution < -0.4 is 5.32 Å². The van der Waals surface area contributed by atoms with Gasteiger partial charge in [-0.05, 0) is 36.8 Å². The molecule has 0 saturated heterocycles. The van der Waals surface area contributed by atoms with Gasteiger partial charge in [0, 0.05) is 11.3 Å². The lowest BCUT2D eigenvalue weighted by molar-refractivity contribution is 0.102. The Morgan fingerprint density at radius 2 is 1.76 bits per heavy atom. The van der Waals surface area contributed by atoms with Crippen LogP contribution in [0.15, 0.2) is 60.8 Å². The van der Waals surface area contributed by atoms with Crippen LogP contribution in [0.5, 0.6) is 0 Å². The van der Waals surface area contributed by atoms with Crippen molar-refractivity contribution in [2.45, 2.75) is 6.92 Å². The Balaban J connectivity index is 1.74. The molecule has 104 valence electrons. The molecule has 0 aliphatic rings. The molecule has 1 amide bonds. The van der Waals surface area contributed by atoms with Crippen LogP contribution in [0.4, 0.5) is 5.69 Å². The smallest absolute Gasteiger partial charge is 0.255 e. The molecule has 2 N–H and O–H groups in total. The van der Waals surface area contributed by atoms with Gasteiger partial charge in [0.25, 0.3) is 5.91 Å². The van der Waals surface area contributed by atoms with Crippen molar-refractivity contribution < 1.29 is 4.79 Å². The molecule has 3 rings (SSSR count). The van der Waals surface area contributed by atoms with Crippen LogP contribution in [0.3, 0.4) is 0 Å². The highest BCUT2D eigenvalue weighted by atomic mass is 16.1. The molecule has 1 heterocycles. The van der Waals surface area contributed by atoms with E-state index < -0.39 is 0 Å². The van der Waals surface area contributed by atoms with Crippen LogP contribution >= 0.6 is 0 Å². The predicted octanol–water partition coefficient (Wildman–Crippen LogP) is 3.64. The van der Waals surface area contributed by atoms with E-state index in [9.17, 15) is 4.79 Å². The third kappa shape index (κ3) is 3.00.